The Hall–Kier alpha value is -0.470. The van der Waals surface area contributed by atoms with Crippen molar-refractivity contribution in [2.45, 2.75) is 30.4 Å². The normalized spacial score (nSPS) is 20.8. The summed E-state index contributed by atoms with van der Waals surface area (Å²) in [6.07, 6.45) is 3.00. The first-order valence-corrected chi connectivity index (χ1v) is 9.75. The number of aliphatic hydroxyl groups excluding tert-OH is 1. The molecule has 0 unspecified atom stereocenters. The molecule has 2 heterocycles. The first-order valence-electron chi connectivity index (χ1n) is 7.39. The molecule has 0 amide bonds. The van der Waals surface area contributed by atoms with E-state index < -0.39 is 10.0 Å². The van der Waals surface area contributed by atoms with Crippen LogP contribution in [0.15, 0.2) is 15.7 Å². The van der Waals surface area contributed by atoms with Gasteiger partial charge in [-0.2, -0.15) is 0 Å². The molecular formula is C14H24N2O3S2. The lowest BCUT2D eigenvalue weighted by atomic mass is 9.99. The number of aryl methyl sites for hydroxylation is 1. The van der Waals surface area contributed by atoms with Crippen molar-refractivity contribution in [3.05, 3.63) is 17.0 Å². The molecule has 5 nitrogen and oxygen atoms in total. The molecule has 0 saturated carbocycles. The molecule has 1 fully saturated rings. The van der Waals surface area contributed by atoms with Gasteiger partial charge in [0.15, 0.2) is 0 Å². The molecular weight excluding hydrogens is 308 g/mol. The number of hydrogen-bond donors (Lipinski definition) is 2. The summed E-state index contributed by atoms with van der Waals surface area (Å²) in [6.45, 7) is 5.45. The highest BCUT2D eigenvalue weighted by molar-refractivity contribution is 7.91. The molecule has 2 rings (SSSR count). The molecule has 120 valence electrons. The van der Waals surface area contributed by atoms with Crippen molar-refractivity contribution in [3.8, 4) is 0 Å². The monoisotopic (exact) mass is 332 g/mol. The predicted molar refractivity (Wildman–Crippen MR) is 85.1 cm³/mol. The van der Waals surface area contributed by atoms with Gasteiger partial charge in [0.2, 0.25) is 10.0 Å². The Bertz CT molecular complexity index is 542. The summed E-state index contributed by atoms with van der Waals surface area (Å²) in [5.41, 5.74) is 0.976. The molecule has 21 heavy (non-hydrogen) atoms. The Balaban J connectivity index is 1.72. The van der Waals surface area contributed by atoms with E-state index in [0.717, 1.165) is 44.5 Å². The summed E-state index contributed by atoms with van der Waals surface area (Å²) in [5, 5.41) is 11.0. The van der Waals surface area contributed by atoms with Crippen molar-refractivity contribution in [3.63, 3.8) is 0 Å². The van der Waals surface area contributed by atoms with Gasteiger partial charge in [-0.3, -0.25) is 0 Å². The highest BCUT2D eigenvalue weighted by atomic mass is 32.2. The number of hydrogen-bond acceptors (Lipinski definition) is 5. The quantitative estimate of drug-likeness (QED) is 0.741. The standard InChI is InChI=1S/C14H24N2O3S2/c1-12-8-14(20-11-12)21(18,19)15-5-3-7-16-6-2-4-13(9-16)10-17/h8,11,13,15,17H,2-7,9-10H2,1H3/t13-/m0/s1. The van der Waals surface area contributed by atoms with Crippen LogP contribution in [0.4, 0.5) is 0 Å². The summed E-state index contributed by atoms with van der Waals surface area (Å²) in [5.74, 6) is 0.379. The van der Waals surface area contributed by atoms with E-state index in [4.69, 9.17) is 0 Å². The number of nitrogens with one attached hydrogen (secondary N) is 1. The van der Waals surface area contributed by atoms with Crippen LogP contribution in [0.2, 0.25) is 0 Å². The van der Waals surface area contributed by atoms with Gasteiger partial charge in [-0.05, 0) is 62.2 Å². The van der Waals surface area contributed by atoms with Gasteiger partial charge in [0.1, 0.15) is 4.21 Å². The van der Waals surface area contributed by atoms with E-state index in [9.17, 15) is 13.5 Å². The van der Waals surface area contributed by atoms with Crippen LogP contribution in [0, 0.1) is 12.8 Å². The zero-order valence-electron chi connectivity index (χ0n) is 12.4. The van der Waals surface area contributed by atoms with E-state index in [-0.39, 0.29) is 6.61 Å². The topological polar surface area (TPSA) is 69.6 Å². The molecule has 0 aliphatic carbocycles. The molecule has 0 spiro atoms. The summed E-state index contributed by atoms with van der Waals surface area (Å²) in [7, 11) is -3.35. The third kappa shape index (κ3) is 5.03. The molecule has 1 atom stereocenters. The van der Waals surface area contributed by atoms with Gasteiger partial charge in [0, 0.05) is 19.7 Å². The van der Waals surface area contributed by atoms with Crippen molar-refractivity contribution in [1.29, 1.82) is 0 Å². The largest absolute Gasteiger partial charge is 0.396 e. The number of nitrogens with zero attached hydrogens (tertiary/aromatic N) is 1. The van der Waals surface area contributed by atoms with E-state index in [2.05, 4.69) is 9.62 Å². The van der Waals surface area contributed by atoms with Crippen LogP contribution in [-0.4, -0.2) is 51.2 Å². The zero-order valence-corrected chi connectivity index (χ0v) is 14.0. The maximum absolute atomic E-state index is 12.0. The molecule has 1 aliphatic rings. The van der Waals surface area contributed by atoms with Crippen molar-refractivity contribution in [1.82, 2.24) is 9.62 Å². The molecule has 0 aromatic carbocycles. The number of piperidine rings is 1. The average molecular weight is 332 g/mol. The highest BCUT2D eigenvalue weighted by Gasteiger charge is 2.19. The van der Waals surface area contributed by atoms with Gasteiger partial charge in [-0.25, -0.2) is 13.1 Å². The fourth-order valence-electron chi connectivity index (χ4n) is 2.63. The third-order valence-electron chi connectivity index (χ3n) is 3.78. The zero-order chi connectivity index (χ0) is 15.3. The fraction of sp³-hybridized carbons (Fsp3) is 0.714. The Morgan fingerprint density at radius 1 is 1.52 bits per heavy atom. The van der Waals surface area contributed by atoms with Crippen LogP contribution in [0.1, 0.15) is 24.8 Å². The van der Waals surface area contributed by atoms with Gasteiger partial charge < -0.3 is 10.0 Å². The molecule has 1 aromatic heterocycles. The summed E-state index contributed by atoms with van der Waals surface area (Å²) in [4.78, 5) is 2.31. The lowest BCUT2D eigenvalue weighted by molar-refractivity contribution is 0.120. The molecule has 2 N–H and O–H groups in total. The van der Waals surface area contributed by atoms with Gasteiger partial charge in [0.25, 0.3) is 0 Å². The maximum Gasteiger partial charge on any atom is 0.250 e. The second-order valence-electron chi connectivity index (χ2n) is 5.69. The van der Waals surface area contributed by atoms with Crippen molar-refractivity contribution >= 4 is 21.4 Å². The van der Waals surface area contributed by atoms with E-state index in [1.165, 1.54) is 11.3 Å². The van der Waals surface area contributed by atoms with Gasteiger partial charge in [0.05, 0.1) is 0 Å². The third-order valence-corrected chi connectivity index (χ3v) is 6.79. The second kappa shape index (κ2) is 7.69. The highest BCUT2D eigenvalue weighted by Crippen LogP contribution is 2.19. The molecule has 1 aliphatic heterocycles. The van der Waals surface area contributed by atoms with E-state index in [1.807, 2.05) is 12.3 Å². The SMILES string of the molecule is Cc1csc(S(=O)(=O)NCCCN2CCC[C@H](CO)C2)c1. The Kier molecular flexibility index (Phi) is 6.19. The minimum Gasteiger partial charge on any atom is -0.396 e. The van der Waals surface area contributed by atoms with Crippen molar-refractivity contribution < 1.29 is 13.5 Å². The van der Waals surface area contributed by atoms with Crippen molar-refractivity contribution in [2.24, 2.45) is 5.92 Å². The molecule has 0 radical (unpaired) electrons. The van der Waals surface area contributed by atoms with Crippen LogP contribution in [0.25, 0.3) is 0 Å². The van der Waals surface area contributed by atoms with E-state index in [1.54, 1.807) is 6.07 Å². The first kappa shape index (κ1) is 16.9. The lowest BCUT2D eigenvalue weighted by Crippen LogP contribution is -2.38. The van der Waals surface area contributed by atoms with Crippen LogP contribution in [-0.2, 0) is 10.0 Å². The number of sulfonamides is 1. The minimum atomic E-state index is -3.35. The maximum atomic E-state index is 12.0. The van der Waals surface area contributed by atoms with Crippen LogP contribution in [0.5, 0.6) is 0 Å². The lowest BCUT2D eigenvalue weighted by Gasteiger charge is -2.31. The average Bonchev–Trinajstić information content (AvgIpc) is 2.91. The smallest absolute Gasteiger partial charge is 0.250 e. The molecule has 0 bridgehead atoms. The van der Waals surface area contributed by atoms with Crippen LogP contribution < -0.4 is 4.72 Å². The predicted octanol–water partition coefficient (Wildman–Crippen LogP) is 1.43. The summed E-state index contributed by atoms with van der Waals surface area (Å²) in [6, 6.07) is 1.70. The van der Waals surface area contributed by atoms with Crippen LogP contribution in [0.3, 0.4) is 0 Å². The van der Waals surface area contributed by atoms with Gasteiger partial charge >= 0.3 is 0 Å². The Morgan fingerprint density at radius 2 is 2.33 bits per heavy atom. The number of aliphatic hydroxyl groups is 1. The Morgan fingerprint density at radius 3 is 3.00 bits per heavy atom. The molecule has 1 saturated heterocycles. The number of rotatable bonds is 7. The van der Waals surface area contributed by atoms with Gasteiger partial charge in [-0.15, -0.1) is 11.3 Å². The number of likely N-dealkylation sites (tertiary alicyclic amines) is 1. The number of thiophene rings is 1. The van der Waals surface area contributed by atoms with Crippen LogP contribution >= 0.6 is 11.3 Å². The molecule has 1 aromatic rings. The fourth-order valence-corrected chi connectivity index (χ4v) is 4.98. The van der Waals surface area contributed by atoms with E-state index in [0.29, 0.717) is 16.7 Å². The Labute approximate surface area is 131 Å². The van der Waals surface area contributed by atoms with Gasteiger partial charge in [-0.1, -0.05) is 0 Å². The first-order chi connectivity index (χ1) is 10.0. The van der Waals surface area contributed by atoms with E-state index >= 15 is 0 Å². The second-order valence-corrected chi connectivity index (χ2v) is 8.59. The van der Waals surface area contributed by atoms with Crippen molar-refractivity contribution in [2.75, 3.05) is 32.8 Å². The molecule has 7 heteroatoms. The minimum absolute atomic E-state index is 0.251. The summed E-state index contributed by atoms with van der Waals surface area (Å²) >= 11 is 1.26. The summed E-state index contributed by atoms with van der Waals surface area (Å²) < 4.78 is 27.1.